The van der Waals surface area contributed by atoms with Crippen LogP contribution >= 0.6 is 0 Å². The number of anilines is 2. The third-order valence-corrected chi connectivity index (χ3v) is 2.55. The maximum atomic E-state index is 13.0. The molecular formula is C15H15FN4O. The van der Waals surface area contributed by atoms with Crippen molar-refractivity contribution < 1.29 is 9.18 Å². The number of hydrogen-bond donors (Lipinski definition) is 3. The molecule has 0 aliphatic carbocycles. The van der Waals surface area contributed by atoms with Crippen molar-refractivity contribution in [1.82, 2.24) is 0 Å². The number of carbonyl (C=O) groups excluding carboxylic acids is 1. The second-order valence-electron chi connectivity index (χ2n) is 4.25. The zero-order valence-electron chi connectivity index (χ0n) is 11.2. The average Bonchev–Trinajstić information content (AvgIpc) is 2.46. The Bertz CT molecular complexity index is 643. The third kappa shape index (κ3) is 4.94. The molecule has 21 heavy (non-hydrogen) atoms. The lowest BCUT2D eigenvalue weighted by Gasteiger charge is -2.06. The van der Waals surface area contributed by atoms with Crippen molar-refractivity contribution >= 4 is 23.2 Å². The molecule has 108 valence electrons. The Morgan fingerprint density at radius 1 is 1.05 bits per heavy atom. The van der Waals surface area contributed by atoms with E-state index >= 15 is 0 Å². The predicted octanol–water partition coefficient (Wildman–Crippen LogP) is 2.19. The maximum Gasteiger partial charge on any atom is 0.246 e. The standard InChI is InChI=1S/C15H15FN4O/c16-11-5-4-8-13(9-11)19-14(21)10-18-15(17)20-12-6-2-1-3-7-12/h1-9H,10H2,(H,19,21)(H3,17,18,20). The van der Waals surface area contributed by atoms with E-state index in [1.807, 2.05) is 30.3 Å². The molecule has 6 heteroatoms. The molecule has 0 bridgehead atoms. The van der Waals surface area contributed by atoms with Crippen molar-refractivity contribution in [2.45, 2.75) is 0 Å². The predicted molar refractivity (Wildman–Crippen MR) is 81.6 cm³/mol. The summed E-state index contributed by atoms with van der Waals surface area (Å²) in [6.45, 7) is -0.151. The number of hydrogen-bond acceptors (Lipinski definition) is 2. The van der Waals surface area contributed by atoms with Crippen molar-refractivity contribution in [2.75, 3.05) is 17.2 Å². The smallest absolute Gasteiger partial charge is 0.246 e. The highest BCUT2D eigenvalue weighted by molar-refractivity contribution is 5.96. The van der Waals surface area contributed by atoms with Gasteiger partial charge in [-0.15, -0.1) is 0 Å². The first kappa shape index (κ1) is 14.5. The van der Waals surface area contributed by atoms with Crippen LogP contribution in [0.25, 0.3) is 0 Å². The van der Waals surface area contributed by atoms with Gasteiger partial charge in [0, 0.05) is 11.4 Å². The molecule has 0 heterocycles. The summed E-state index contributed by atoms with van der Waals surface area (Å²) in [5, 5.41) is 5.39. The number of halogens is 1. The summed E-state index contributed by atoms with van der Waals surface area (Å²) in [6.07, 6.45) is 0. The Balaban J connectivity index is 1.86. The lowest BCUT2D eigenvalue weighted by Crippen LogP contribution is -2.25. The van der Waals surface area contributed by atoms with Crippen LogP contribution in [0.1, 0.15) is 0 Å². The lowest BCUT2D eigenvalue weighted by atomic mass is 10.3. The molecule has 2 aromatic carbocycles. The van der Waals surface area contributed by atoms with E-state index in [4.69, 9.17) is 5.73 Å². The molecule has 4 N–H and O–H groups in total. The van der Waals surface area contributed by atoms with Gasteiger partial charge in [-0.05, 0) is 30.3 Å². The molecule has 0 fully saturated rings. The summed E-state index contributed by atoms with van der Waals surface area (Å²) in [7, 11) is 0. The molecular weight excluding hydrogens is 271 g/mol. The summed E-state index contributed by atoms with van der Waals surface area (Å²) in [5.41, 5.74) is 6.83. The van der Waals surface area contributed by atoms with Crippen LogP contribution in [-0.4, -0.2) is 18.4 Å². The average molecular weight is 286 g/mol. The highest BCUT2D eigenvalue weighted by Gasteiger charge is 2.02. The Morgan fingerprint density at radius 3 is 2.48 bits per heavy atom. The van der Waals surface area contributed by atoms with Gasteiger partial charge in [0.25, 0.3) is 0 Å². The maximum absolute atomic E-state index is 13.0. The molecule has 5 nitrogen and oxygen atoms in total. The van der Waals surface area contributed by atoms with Crippen molar-refractivity contribution in [1.29, 1.82) is 0 Å². The fourth-order valence-corrected chi connectivity index (χ4v) is 1.63. The van der Waals surface area contributed by atoms with Crippen LogP contribution in [0.2, 0.25) is 0 Å². The Hall–Kier alpha value is -2.89. The van der Waals surface area contributed by atoms with Crippen LogP contribution in [0.4, 0.5) is 15.8 Å². The van der Waals surface area contributed by atoms with Gasteiger partial charge in [0.2, 0.25) is 5.91 Å². The zero-order valence-corrected chi connectivity index (χ0v) is 11.2. The molecule has 0 spiro atoms. The molecule has 0 aromatic heterocycles. The van der Waals surface area contributed by atoms with Gasteiger partial charge in [0.15, 0.2) is 5.96 Å². The number of nitrogens with zero attached hydrogens (tertiary/aromatic N) is 1. The third-order valence-electron chi connectivity index (χ3n) is 2.55. The van der Waals surface area contributed by atoms with Gasteiger partial charge in [-0.2, -0.15) is 0 Å². The molecule has 1 amide bonds. The van der Waals surface area contributed by atoms with E-state index < -0.39 is 5.82 Å². The molecule has 2 aromatic rings. The number of benzene rings is 2. The molecule has 0 unspecified atom stereocenters. The van der Waals surface area contributed by atoms with Crippen molar-refractivity contribution in [3.63, 3.8) is 0 Å². The Labute approximate surface area is 121 Å². The number of nitrogens with two attached hydrogens (primary N) is 1. The molecule has 0 saturated heterocycles. The first-order valence-corrected chi connectivity index (χ1v) is 6.31. The molecule has 0 aliphatic rings. The van der Waals surface area contributed by atoms with Crippen LogP contribution in [-0.2, 0) is 4.79 Å². The van der Waals surface area contributed by atoms with Crippen molar-refractivity contribution in [2.24, 2.45) is 10.7 Å². The Kier molecular flexibility index (Phi) is 4.87. The molecule has 0 radical (unpaired) electrons. The summed E-state index contributed by atoms with van der Waals surface area (Å²) in [4.78, 5) is 15.6. The van der Waals surface area contributed by atoms with Crippen LogP contribution in [0.5, 0.6) is 0 Å². The minimum Gasteiger partial charge on any atom is -0.370 e. The van der Waals surface area contributed by atoms with E-state index in [9.17, 15) is 9.18 Å². The zero-order chi connectivity index (χ0) is 15.1. The number of nitrogens with one attached hydrogen (secondary N) is 2. The van der Waals surface area contributed by atoms with E-state index in [0.717, 1.165) is 5.69 Å². The number of carbonyl (C=O) groups is 1. The fraction of sp³-hybridized carbons (Fsp3) is 0.0667. The summed E-state index contributed by atoms with van der Waals surface area (Å²) >= 11 is 0. The second kappa shape index (κ2) is 7.04. The first-order chi connectivity index (χ1) is 10.1. The number of rotatable bonds is 4. The van der Waals surface area contributed by atoms with E-state index in [0.29, 0.717) is 5.69 Å². The topological polar surface area (TPSA) is 79.5 Å². The van der Waals surface area contributed by atoms with Crippen LogP contribution in [0.3, 0.4) is 0 Å². The van der Waals surface area contributed by atoms with Gasteiger partial charge in [0.05, 0.1) is 0 Å². The summed E-state index contributed by atoms with van der Waals surface area (Å²) < 4.78 is 13.0. The van der Waals surface area contributed by atoms with Crippen LogP contribution in [0.15, 0.2) is 59.6 Å². The van der Waals surface area contributed by atoms with Crippen molar-refractivity contribution in [3.05, 3.63) is 60.4 Å². The second-order valence-corrected chi connectivity index (χ2v) is 4.25. The van der Waals surface area contributed by atoms with E-state index in [1.54, 1.807) is 6.07 Å². The van der Waals surface area contributed by atoms with Gasteiger partial charge in [-0.25, -0.2) is 9.38 Å². The molecule has 0 atom stereocenters. The highest BCUT2D eigenvalue weighted by Crippen LogP contribution is 2.08. The highest BCUT2D eigenvalue weighted by atomic mass is 19.1. The van der Waals surface area contributed by atoms with E-state index in [1.165, 1.54) is 18.2 Å². The van der Waals surface area contributed by atoms with Gasteiger partial charge in [-0.3, -0.25) is 4.79 Å². The van der Waals surface area contributed by atoms with Crippen molar-refractivity contribution in [3.8, 4) is 0 Å². The molecule has 2 rings (SSSR count). The molecule has 0 saturated carbocycles. The van der Waals surface area contributed by atoms with Crippen LogP contribution < -0.4 is 16.4 Å². The fourth-order valence-electron chi connectivity index (χ4n) is 1.63. The number of aliphatic imine (C=N–C) groups is 1. The van der Waals surface area contributed by atoms with Gasteiger partial charge in [-0.1, -0.05) is 24.3 Å². The minimum absolute atomic E-state index is 0.135. The number of para-hydroxylation sites is 1. The number of amides is 1. The number of guanidine groups is 1. The Morgan fingerprint density at radius 2 is 1.76 bits per heavy atom. The molecule has 0 aliphatic heterocycles. The van der Waals surface area contributed by atoms with Gasteiger partial charge < -0.3 is 16.4 Å². The van der Waals surface area contributed by atoms with Gasteiger partial charge >= 0.3 is 0 Å². The summed E-state index contributed by atoms with van der Waals surface area (Å²) in [5.74, 6) is -0.657. The largest absolute Gasteiger partial charge is 0.370 e. The van der Waals surface area contributed by atoms with Gasteiger partial charge in [0.1, 0.15) is 12.4 Å². The SMILES string of the molecule is NC(=NCC(=O)Nc1cccc(F)c1)Nc1ccccc1. The van der Waals surface area contributed by atoms with Crippen LogP contribution in [0, 0.1) is 5.82 Å². The lowest BCUT2D eigenvalue weighted by molar-refractivity contribution is -0.114. The first-order valence-electron chi connectivity index (χ1n) is 6.31. The quantitative estimate of drug-likeness (QED) is 0.595. The summed E-state index contributed by atoms with van der Waals surface area (Å²) in [6, 6.07) is 14.9. The van der Waals surface area contributed by atoms with E-state index in [-0.39, 0.29) is 18.4 Å². The minimum atomic E-state index is -0.415. The monoisotopic (exact) mass is 286 g/mol. The van der Waals surface area contributed by atoms with E-state index in [2.05, 4.69) is 15.6 Å². The normalized spacial score (nSPS) is 11.0.